The van der Waals surface area contributed by atoms with Crippen LogP contribution in [0, 0.1) is 11.6 Å². The van der Waals surface area contributed by atoms with Gasteiger partial charge in [-0.2, -0.15) is 0 Å². The first-order valence-electron chi connectivity index (χ1n) is 5.32. The Kier molecular flexibility index (Phi) is 3.91. The van der Waals surface area contributed by atoms with Crippen molar-refractivity contribution in [1.29, 1.82) is 0 Å². The van der Waals surface area contributed by atoms with Gasteiger partial charge in [0.1, 0.15) is 4.90 Å². The first-order chi connectivity index (χ1) is 9.44. The zero-order valence-electron chi connectivity index (χ0n) is 9.92. The van der Waals surface area contributed by atoms with Gasteiger partial charge in [-0.25, -0.2) is 31.9 Å². The molecule has 0 aliphatic carbocycles. The normalized spacial score (nSPS) is 11.3. The third kappa shape index (κ3) is 2.89. The number of hydrogen-bond donors (Lipinski definition) is 2. The summed E-state index contributed by atoms with van der Waals surface area (Å²) in [7, 11) is -4.40. The fourth-order valence-electron chi connectivity index (χ4n) is 1.43. The van der Waals surface area contributed by atoms with Gasteiger partial charge in [-0.05, 0) is 23.8 Å². The Labute approximate surface area is 113 Å². The molecule has 2 N–H and O–H groups in total. The third-order valence-corrected chi connectivity index (χ3v) is 3.65. The predicted octanol–water partition coefficient (Wildman–Crippen LogP) is 1.05. The van der Waals surface area contributed by atoms with Gasteiger partial charge in [0, 0.05) is 12.4 Å². The quantitative estimate of drug-likeness (QED) is 0.880. The smallest absolute Gasteiger partial charge is 0.267 e. The standard InChI is InChI=1S/C11H9F2N3O3S/c12-8-4-7(6-17)5-9(10(8)13)20(18,19)16-11-14-2-1-3-15-11/h1-5,17H,6H2,(H,14,15,16). The molecule has 20 heavy (non-hydrogen) atoms. The first kappa shape index (κ1) is 14.3. The van der Waals surface area contributed by atoms with E-state index in [9.17, 15) is 17.2 Å². The molecule has 0 unspecified atom stereocenters. The van der Waals surface area contributed by atoms with Crippen molar-refractivity contribution in [3.8, 4) is 0 Å². The minimum atomic E-state index is -4.40. The Bertz CT molecular complexity index is 723. The summed E-state index contributed by atoms with van der Waals surface area (Å²) in [6.07, 6.45) is 2.57. The van der Waals surface area contributed by atoms with E-state index in [4.69, 9.17) is 5.11 Å². The van der Waals surface area contributed by atoms with E-state index in [-0.39, 0.29) is 11.5 Å². The zero-order valence-corrected chi connectivity index (χ0v) is 10.7. The molecule has 1 aromatic carbocycles. The highest BCUT2D eigenvalue weighted by atomic mass is 32.2. The molecule has 9 heteroatoms. The lowest BCUT2D eigenvalue weighted by molar-refractivity contribution is 0.280. The number of nitrogens with zero attached hydrogens (tertiary/aromatic N) is 2. The van der Waals surface area contributed by atoms with E-state index in [0.29, 0.717) is 6.07 Å². The summed E-state index contributed by atoms with van der Waals surface area (Å²) < 4.78 is 52.7. The topological polar surface area (TPSA) is 92.2 Å². The molecule has 0 aliphatic heterocycles. The van der Waals surface area contributed by atoms with Gasteiger partial charge in [-0.15, -0.1) is 0 Å². The molecule has 0 radical (unpaired) electrons. The second kappa shape index (κ2) is 5.47. The molecule has 2 aromatic rings. The van der Waals surface area contributed by atoms with Crippen molar-refractivity contribution in [2.45, 2.75) is 11.5 Å². The Balaban J connectivity index is 2.47. The van der Waals surface area contributed by atoms with Gasteiger partial charge in [0.15, 0.2) is 11.6 Å². The molecule has 0 bridgehead atoms. The molecule has 2 rings (SSSR count). The molecule has 0 saturated carbocycles. The number of sulfonamides is 1. The van der Waals surface area contributed by atoms with Crippen LogP contribution in [0.4, 0.5) is 14.7 Å². The van der Waals surface area contributed by atoms with Gasteiger partial charge in [0.25, 0.3) is 10.0 Å². The fourth-order valence-corrected chi connectivity index (χ4v) is 2.53. The summed E-state index contributed by atoms with van der Waals surface area (Å²) in [5, 5.41) is 8.90. The van der Waals surface area contributed by atoms with Crippen molar-refractivity contribution >= 4 is 16.0 Å². The van der Waals surface area contributed by atoms with E-state index >= 15 is 0 Å². The predicted molar refractivity (Wildman–Crippen MR) is 65.1 cm³/mol. The van der Waals surface area contributed by atoms with Crippen LogP contribution in [0.15, 0.2) is 35.5 Å². The SMILES string of the molecule is O=S(=O)(Nc1ncccn1)c1cc(CO)cc(F)c1F. The van der Waals surface area contributed by atoms with Crippen LogP contribution in [0.5, 0.6) is 0 Å². The van der Waals surface area contributed by atoms with Crippen LogP contribution < -0.4 is 4.72 Å². The number of halogens is 2. The maximum atomic E-state index is 13.6. The van der Waals surface area contributed by atoms with Gasteiger partial charge < -0.3 is 5.11 Å². The number of aliphatic hydroxyl groups is 1. The van der Waals surface area contributed by atoms with E-state index in [2.05, 4.69) is 9.97 Å². The van der Waals surface area contributed by atoms with Gasteiger partial charge >= 0.3 is 0 Å². The van der Waals surface area contributed by atoms with Gasteiger partial charge in [0.05, 0.1) is 6.61 Å². The van der Waals surface area contributed by atoms with Crippen LogP contribution in [0.3, 0.4) is 0 Å². The molecule has 1 aromatic heterocycles. The van der Waals surface area contributed by atoms with Gasteiger partial charge in [0.2, 0.25) is 5.95 Å². The monoisotopic (exact) mass is 301 g/mol. The average Bonchev–Trinajstić information content (AvgIpc) is 2.42. The summed E-state index contributed by atoms with van der Waals surface area (Å²) in [6.45, 7) is -0.623. The summed E-state index contributed by atoms with van der Waals surface area (Å²) >= 11 is 0. The van der Waals surface area contributed by atoms with Crippen molar-refractivity contribution < 1.29 is 22.3 Å². The highest BCUT2D eigenvalue weighted by Crippen LogP contribution is 2.21. The molecule has 0 atom stereocenters. The Morgan fingerprint density at radius 3 is 2.45 bits per heavy atom. The average molecular weight is 301 g/mol. The van der Waals surface area contributed by atoms with Crippen molar-refractivity contribution in [2.24, 2.45) is 0 Å². The second-order valence-corrected chi connectivity index (χ2v) is 5.38. The number of benzene rings is 1. The molecule has 0 amide bonds. The summed E-state index contributed by atoms with van der Waals surface area (Å²) in [4.78, 5) is 6.31. The van der Waals surface area contributed by atoms with Crippen molar-refractivity contribution in [2.75, 3.05) is 4.72 Å². The highest BCUT2D eigenvalue weighted by Gasteiger charge is 2.23. The van der Waals surface area contributed by atoms with E-state index in [0.717, 1.165) is 6.07 Å². The molecule has 0 spiro atoms. The fraction of sp³-hybridized carbons (Fsp3) is 0.0909. The summed E-state index contributed by atoms with van der Waals surface area (Å²) in [5.41, 5.74) is -0.0711. The minimum absolute atomic E-state index is 0.0711. The number of hydrogen-bond acceptors (Lipinski definition) is 5. The number of aromatic nitrogens is 2. The molecular weight excluding hydrogens is 292 g/mol. The van der Waals surface area contributed by atoms with Crippen LogP contribution in [0.25, 0.3) is 0 Å². The second-order valence-electron chi connectivity index (χ2n) is 3.73. The molecule has 0 aliphatic rings. The first-order valence-corrected chi connectivity index (χ1v) is 6.81. The van der Waals surface area contributed by atoms with Crippen LogP contribution >= 0.6 is 0 Å². The molecule has 1 heterocycles. The minimum Gasteiger partial charge on any atom is -0.392 e. The van der Waals surface area contributed by atoms with Crippen molar-refractivity contribution in [1.82, 2.24) is 9.97 Å². The third-order valence-electron chi connectivity index (χ3n) is 2.32. The molecular formula is C11H9F2N3O3S. The number of anilines is 1. The van der Waals surface area contributed by atoms with E-state index in [1.165, 1.54) is 18.5 Å². The molecule has 106 valence electrons. The van der Waals surface area contributed by atoms with Crippen molar-refractivity contribution in [3.05, 3.63) is 47.8 Å². The lowest BCUT2D eigenvalue weighted by Gasteiger charge is -2.09. The Morgan fingerprint density at radius 2 is 1.85 bits per heavy atom. The molecule has 0 saturated heterocycles. The number of aliphatic hydroxyl groups excluding tert-OH is 1. The maximum Gasteiger partial charge on any atom is 0.267 e. The van der Waals surface area contributed by atoms with Crippen LogP contribution in [-0.4, -0.2) is 23.5 Å². The zero-order chi connectivity index (χ0) is 14.8. The van der Waals surface area contributed by atoms with E-state index in [1.807, 2.05) is 4.72 Å². The molecule has 0 fully saturated rings. The van der Waals surface area contributed by atoms with Crippen LogP contribution in [-0.2, 0) is 16.6 Å². The van der Waals surface area contributed by atoms with E-state index in [1.54, 1.807) is 0 Å². The van der Waals surface area contributed by atoms with Crippen LogP contribution in [0.2, 0.25) is 0 Å². The Hall–Kier alpha value is -2.13. The number of rotatable bonds is 4. The molecule has 6 nitrogen and oxygen atoms in total. The summed E-state index contributed by atoms with van der Waals surface area (Å²) in [5.74, 6) is -3.18. The Morgan fingerprint density at radius 1 is 1.20 bits per heavy atom. The van der Waals surface area contributed by atoms with Gasteiger partial charge in [-0.3, -0.25) is 0 Å². The van der Waals surface area contributed by atoms with Crippen molar-refractivity contribution in [3.63, 3.8) is 0 Å². The maximum absolute atomic E-state index is 13.6. The van der Waals surface area contributed by atoms with E-state index < -0.39 is 33.2 Å². The van der Waals surface area contributed by atoms with Gasteiger partial charge in [-0.1, -0.05) is 0 Å². The van der Waals surface area contributed by atoms with Crippen LogP contribution in [0.1, 0.15) is 5.56 Å². The highest BCUT2D eigenvalue weighted by molar-refractivity contribution is 7.92. The lowest BCUT2D eigenvalue weighted by Crippen LogP contribution is -2.17. The largest absolute Gasteiger partial charge is 0.392 e. The number of nitrogens with one attached hydrogen (secondary N) is 1. The summed E-state index contributed by atoms with van der Waals surface area (Å²) in [6, 6.07) is 3.02. The lowest BCUT2D eigenvalue weighted by atomic mass is 10.2.